The predicted molar refractivity (Wildman–Crippen MR) is 281 cm³/mol. The standard InChI is InChI=1S/C56H111O12P/c1-3-5-7-9-11-13-15-17-19-21-23-24-25-26-27-28-29-31-33-35-37-39-41-43-45-50(57)67-49(48-66-69(63,64)68-56-54(61)52(59)51(58)53(60)55(56)62)47-65-46-44-42-40-38-36-34-32-30-22-20-18-16-14-12-10-8-6-4-2/h49,51-56,58-62H,3-48H2,1-2H3,(H,63,64)/t49-,51?,52-,53?,54?,55?,56?/m1/s1. The molecule has 6 N–H and O–H groups in total. The van der Waals surface area contributed by atoms with Crippen molar-refractivity contribution in [2.45, 2.75) is 333 Å². The van der Waals surface area contributed by atoms with E-state index in [4.69, 9.17) is 18.5 Å². The van der Waals surface area contributed by atoms with Gasteiger partial charge in [-0.15, -0.1) is 0 Å². The fraction of sp³-hybridized carbons (Fsp3) is 0.982. The van der Waals surface area contributed by atoms with Gasteiger partial charge in [-0.2, -0.15) is 0 Å². The van der Waals surface area contributed by atoms with Crippen LogP contribution in [0.2, 0.25) is 0 Å². The highest BCUT2D eigenvalue weighted by molar-refractivity contribution is 7.47. The first kappa shape index (κ1) is 66.4. The Balaban J connectivity index is 2.24. The number of aliphatic hydroxyl groups is 5. The van der Waals surface area contributed by atoms with Gasteiger partial charge < -0.3 is 39.9 Å². The molecule has 0 amide bonds. The Morgan fingerprint density at radius 1 is 0.406 bits per heavy atom. The summed E-state index contributed by atoms with van der Waals surface area (Å²) in [6.07, 6.45) is 41.8. The highest BCUT2D eigenvalue weighted by atomic mass is 31.2. The van der Waals surface area contributed by atoms with Gasteiger partial charge in [0.05, 0.1) is 13.2 Å². The molecule has 12 nitrogen and oxygen atoms in total. The summed E-state index contributed by atoms with van der Waals surface area (Å²) in [4.78, 5) is 23.3. The number of aliphatic hydroxyl groups excluding tert-OH is 5. The molecule has 0 spiro atoms. The molecule has 8 atom stereocenters. The Bertz CT molecular complexity index is 1150. The van der Waals surface area contributed by atoms with Crippen LogP contribution in [0.3, 0.4) is 0 Å². The van der Waals surface area contributed by atoms with Gasteiger partial charge >= 0.3 is 13.8 Å². The third-order valence-corrected chi connectivity index (χ3v) is 15.2. The van der Waals surface area contributed by atoms with E-state index in [1.54, 1.807) is 0 Å². The molecule has 6 unspecified atom stereocenters. The first-order valence-corrected chi connectivity index (χ1v) is 30.9. The van der Waals surface area contributed by atoms with Gasteiger partial charge in [-0.05, 0) is 12.8 Å². The molecule has 1 aliphatic carbocycles. The van der Waals surface area contributed by atoms with Crippen molar-refractivity contribution < 1.29 is 58.3 Å². The van der Waals surface area contributed by atoms with Gasteiger partial charge in [-0.3, -0.25) is 13.8 Å². The van der Waals surface area contributed by atoms with Crippen LogP contribution in [0.4, 0.5) is 0 Å². The normalized spacial score (nSPS) is 20.9. The van der Waals surface area contributed by atoms with Crippen molar-refractivity contribution in [2.24, 2.45) is 0 Å². The van der Waals surface area contributed by atoms with E-state index in [1.165, 1.54) is 225 Å². The van der Waals surface area contributed by atoms with E-state index in [2.05, 4.69) is 13.8 Å². The Kier molecular flexibility index (Phi) is 45.3. The average molecular weight is 1010 g/mol. The highest BCUT2D eigenvalue weighted by Crippen LogP contribution is 2.47. The summed E-state index contributed by atoms with van der Waals surface area (Å²) >= 11 is 0. The minimum absolute atomic E-state index is 0.0670. The number of carbonyl (C=O) groups excluding carboxylic acids is 1. The van der Waals surface area contributed by atoms with Crippen molar-refractivity contribution in [1.82, 2.24) is 0 Å². The van der Waals surface area contributed by atoms with Crippen molar-refractivity contribution in [2.75, 3.05) is 19.8 Å². The Labute approximate surface area is 423 Å². The summed E-state index contributed by atoms with van der Waals surface area (Å²) in [6.45, 7) is 4.34. The van der Waals surface area contributed by atoms with Crippen molar-refractivity contribution in [1.29, 1.82) is 0 Å². The minimum Gasteiger partial charge on any atom is -0.457 e. The molecule has 0 aliphatic heterocycles. The van der Waals surface area contributed by atoms with E-state index in [-0.39, 0.29) is 13.0 Å². The summed E-state index contributed by atoms with van der Waals surface area (Å²) in [6, 6.07) is 0. The molecule has 0 aromatic carbocycles. The molecule has 0 bridgehead atoms. The lowest BCUT2D eigenvalue weighted by atomic mass is 9.85. The van der Waals surface area contributed by atoms with E-state index >= 15 is 0 Å². The van der Waals surface area contributed by atoms with Gasteiger partial charge in [0, 0.05) is 13.0 Å². The third kappa shape index (κ3) is 38.6. The van der Waals surface area contributed by atoms with Crippen LogP contribution in [-0.4, -0.2) is 98.9 Å². The SMILES string of the molecule is CCCCCCCCCCCCCCCCCCCCCCCCCCC(=O)O[C@H](COCCCCCCCCCCCCCCCCCCCC)COP(=O)(O)OC1C(O)C(O)C(O)[C@@H](O)C1O. The van der Waals surface area contributed by atoms with Gasteiger partial charge in [0.15, 0.2) is 0 Å². The van der Waals surface area contributed by atoms with E-state index in [9.17, 15) is 39.8 Å². The molecule has 0 radical (unpaired) electrons. The molecule has 0 aromatic rings. The number of rotatable bonds is 52. The topological polar surface area (TPSA) is 192 Å². The van der Waals surface area contributed by atoms with Crippen LogP contribution >= 0.6 is 7.82 Å². The monoisotopic (exact) mass is 1010 g/mol. The molecule has 0 aromatic heterocycles. The molecule has 1 fully saturated rings. The Morgan fingerprint density at radius 3 is 1.00 bits per heavy atom. The van der Waals surface area contributed by atoms with E-state index in [1.807, 2.05) is 0 Å². The van der Waals surface area contributed by atoms with Crippen LogP contribution in [0.5, 0.6) is 0 Å². The summed E-state index contributed by atoms with van der Waals surface area (Å²) in [5, 5.41) is 50.4. The minimum atomic E-state index is -5.02. The van der Waals surface area contributed by atoms with Crippen LogP contribution in [0.25, 0.3) is 0 Å². The summed E-state index contributed by atoms with van der Waals surface area (Å²) in [5.41, 5.74) is 0. The smallest absolute Gasteiger partial charge is 0.457 e. The van der Waals surface area contributed by atoms with Crippen molar-refractivity contribution >= 4 is 13.8 Å². The van der Waals surface area contributed by atoms with Crippen LogP contribution in [-0.2, 0) is 27.9 Å². The molecule has 1 saturated carbocycles. The number of hydrogen-bond donors (Lipinski definition) is 6. The summed E-state index contributed by atoms with van der Waals surface area (Å²) in [5.74, 6) is -0.466. The van der Waals surface area contributed by atoms with E-state index in [0.29, 0.717) is 13.0 Å². The maximum absolute atomic E-state index is 12.9. The number of phosphoric ester groups is 1. The fourth-order valence-corrected chi connectivity index (χ4v) is 10.6. The van der Waals surface area contributed by atoms with E-state index < -0.39 is 63.1 Å². The van der Waals surface area contributed by atoms with Crippen LogP contribution in [0.1, 0.15) is 290 Å². The summed E-state index contributed by atoms with van der Waals surface area (Å²) in [7, 11) is -5.02. The first-order valence-electron chi connectivity index (χ1n) is 29.4. The molecule has 1 aliphatic rings. The zero-order valence-corrected chi connectivity index (χ0v) is 45.5. The van der Waals surface area contributed by atoms with Gasteiger partial charge in [0.2, 0.25) is 0 Å². The molecule has 412 valence electrons. The Hall–Kier alpha value is -0.660. The van der Waals surface area contributed by atoms with Gasteiger partial charge in [-0.1, -0.05) is 271 Å². The van der Waals surface area contributed by atoms with Crippen LogP contribution < -0.4 is 0 Å². The Morgan fingerprint density at radius 2 is 0.681 bits per heavy atom. The number of carbonyl (C=O) groups is 1. The number of unbranched alkanes of at least 4 members (excludes halogenated alkanes) is 40. The second-order valence-corrected chi connectivity index (χ2v) is 22.3. The third-order valence-electron chi connectivity index (χ3n) is 14.2. The number of phosphoric acid groups is 1. The largest absolute Gasteiger partial charge is 0.472 e. The molecule has 13 heteroatoms. The maximum atomic E-state index is 12.9. The van der Waals surface area contributed by atoms with Gasteiger partial charge in [0.1, 0.15) is 42.7 Å². The second-order valence-electron chi connectivity index (χ2n) is 20.9. The summed E-state index contributed by atoms with van der Waals surface area (Å²) < 4.78 is 34.4. The number of hydrogen-bond acceptors (Lipinski definition) is 11. The molecular weight excluding hydrogens is 896 g/mol. The molecule has 0 saturated heterocycles. The lowest BCUT2D eigenvalue weighted by molar-refractivity contribution is -0.220. The molecular formula is C56H111O12P. The van der Waals surface area contributed by atoms with Crippen molar-refractivity contribution in [3.8, 4) is 0 Å². The fourth-order valence-electron chi connectivity index (χ4n) is 9.60. The number of ether oxygens (including phenoxy) is 2. The van der Waals surface area contributed by atoms with Crippen LogP contribution in [0.15, 0.2) is 0 Å². The quantitative estimate of drug-likeness (QED) is 0.0192. The van der Waals surface area contributed by atoms with Gasteiger partial charge in [0.25, 0.3) is 0 Å². The van der Waals surface area contributed by atoms with Crippen molar-refractivity contribution in [3.05, 3.63) is 0 Å². The molecule has 69 heavy (non-hydrogen) atoms. The zero-order chi connectivity index (χ0) is 50.5. The second kappa shape index (κ2) is 47.1. The number of esters is 1. The highest BCUT2D eigenvalue weighted by Gasteiger charge is 2.51. The predicted octanol–water partition coefficient (Wildman–Crippen LogP) is 14.0. The lowest BCUT2D eigenvalue weighted by Gasteiger charge is -2.41. The maximum Gasteiger partial charge on any atom is 0.472 e. The van der Waals surface area contributed by atoms with E-state index in [0.717, 1.165) is 38.5 Å². The van der Waals surface area contributed by atoms with Crippen molar-refractivity contribution in [3.63, 3.8) is 0 Å². The lowest BCUT2D eigenvalue weighted by Crippen LogP contribution is -2.64. The van der Waals surface area contributed by atoms with Gasteiger partial charge in [-0.25, -0.2) is 4.57 Å². The van der Waals surface area contributed by atoms with Crippen LogP contribution in [0, 0.1) is 0 Å². The first-order chi connectivity index (χ1) is 33.5. The zero-order valence-electron chi connectivity index (χ0n) is 44.6. The molecule has 1 rings (SSSR count). The molecule has 0 heterocycles. The average Bonchev–Trinajstić information content (AvgIpc) is 3.34.